The lowest BCUT2D eigenvalue weighted by atomic mass is 10.0. The molecule has 1 aliphatic heterocycles. The van der Waals surface area contributed by atoms with E-state index >= 15 is 0 Å². The molecule has 0 spiro atoms. The van der Waals surface area contributed by atoms with E-state index in [9.17, 15) is 14.4 Å². The summed E-state index contributed by atoms with van der Waals surface area (Å²) in [7, 11) is 1.45. The van der Waals surface area contributed by atoms with Gasteiger partial charge in [0.05, 0.1) is 11.8 Å². The average molecular weight is 255 g/mol. The number of nitrogens with zero attached hydrogens (tertiary/aromatic N) is 1. The molecule has 2 fully saturated rings. The highest BCUT2D eigenvalue weighted by Crippen LogP contribution is 2.63. The number of aliphatic carboxylic acids is 1. The maximum atomic E-state index is 12.1. The van der Waals surface area contributed by atoms with E-state index in [1.165, 1.54) is 7.11 Å². The Labute approximate surface area is 105 Å². The van der Waals surface area contributed by atoms with Gasteiger partial charge in [0, 0.05) is 20.1 Å². The fourth-order valence-electron chi connectivity index (χ4n) is 2.87. The van der Waals surface area contributed by atoms with Crippen molar-refractivity contribution in [3.05, 3.63) is 0 Å². The van der Waals surface area contributed by atoms with Gasteiger partial charge in [-0.1, -0.05) is 13.8 Å². The summed E-state index contributed by atoms with van der Waals surface area (Å²) in [5, 5.41) is 9.13. The van der Waals surface area contributed by atoms with E-state index < -0.39 is 12.0 Å². The van der Waals surface area contributed by atoms with Crippen LogP contribution in [0.2, 0.25) is 0 Å². The Morgan fingerprint density at radius 2 is 1.89 bits per heavy atom. The van der Waals surface area contributed by atoms with Gasteiger partial charge >= 0.3 is 5.97 Å². The molecule has 1 saturated heterocycles. The van der Waals surface area contributed by atoms with Crippen molar-refractivity contribution in [2.45, 2.75) is 26.3 Å². The Hall–Kier alpha value is -1.43. The van der Waals surface area contributed by atoms with Gasteiger partial charge < -0.3 is 9.84 Å². The first kappa shape index (κ1) is 13.0. The Bertz CT molecular complexity index is 393. The number of hydrogen-bond acceptors (Lipinski definition) is 4. The molecule has 0 aromatic heterocycles. The molecule has 6 heteroatoms. The van der Waals surface area contributed by atoms with Crippen molar-refractivity contribution in [2.24, 2.45) is 17.3 Å². The number of carboxylic acid groups (broad SMARTS) is 1. The van der Waals surface area contributed by atoms with Crippen molar-refractivity contribution in [3.63, 3.8) is 0 Å². The van der Waals surface area contributed by atoms with Gasteiger partial charge in [-0.25, -0.2) is 4.79 Å². The zero-order valence-electron chi connectivity index (χ0n) is 10.7. The maximum Gasteiger partial charge on any atom is 0.327 e. The van der Waals surface area contributed by atoms with Crippen LogP contribution in [0.4, 0.5) is 0 Å². The number of imide groups is 1. The molecule has 3 atom stereocenters. The number of carboxylic acids is 1. The number of likely N-dealkylation sites (tertiary alicyclic amines) is 1. The number of carbonyl (C=O) groups excluding carboxylic acids is 2. The number of carbonyl (C=O) groups is 3. The molecule has 0 bridgehead atoms. The van der Waals surface area contributed by atoms with Gasteiger partial charge in [-0.15, -0.1) is 0 Å². The van der Waals surface area contributed by atoms with Crippen LogP contribution in [-0.4, -0.2) is 47.5 Å². The zero-order chi connectivity index (χ0) is 13.7. The van der Waals surface area contributed by atoms with Gasteiger partial charge in [0.15, 0.2) is 0 Å². The number of piperidine rings is 1. The van der Waals surface area contributed by atoms with Crippen molar-refractivity contribution in [2.75, 3.05) is 13.7 Å². The van der Waals surface area contributed by atoms with Gasteiger partial charge in [-0.05, 0) is 5.41 Å². The molecule has 6 nitrogen and oxygen atoms in total. The van der Waals surface area contributed by atoms with Crippen molar-refractivity contribution >= 4 is 17.8 Å². The number of hydrogen-bond donors (Lipinski definition) is 1. The van der Waals surface area contributed by atoms with Gasteiger partial charge in [0.2, 0.25) is 11.8 Å². The third kappa shape index (κ3) is 1.63. The number of methoxy groups -OCH3 is 1. The lowest BCUT2D eigenvalue weighted by Gasteiger charge is -2.26. The van der Waals surface area contributed by atoms with Gasteiger partial charge in [0.25, 0.3) is 0 Å². The third-order valence-corrected chi connectivity index (χ3v) is 4.03. The quantitative estimate of drug-likeness (QED) is 0.705. The molecule has 1 aliphatic carbocycles. The summed E-state index contributed by atoms with van der Waals surface area (Å²) in [6.07, 6.45) is 0.128. The molecule has 0 aromatic rings. The van der Waals surface area contributed by atoms with Gasteiger partial charge in [0.1, 0.15) is 6.04 Å². The molecule has 2 aliphatic rings. The van der Waals surface area contributed by atoms with Crippen molar-refractivity contribution in [3.8, 4) is 0 Å². The molecular formula is C12H17NO5. The third-order valence-electron chi connectivity index (χ3n) is 4.03. The Balaban J connectivity index is 2.17. The van der Waals surface area contributed by atoms with Crippen LogP contribution in [0.3, 0.4) is 0 Å². The fraction of sp³-hybridized carbons (Fsp3) is 0.750. The molecule has 2 rings (SSSR count). The second kappa shape index (κ2) is 4.05. The average Bonchev–Trinajstić information content (AvgIpc) is 2.73. The van der Waals surface area contributed by atoms with E-state index in [1.54, 1.807) is 0 Å². The monoisotopic (exact) mass is 255 g/mol. The molecule has 100 valence electrons. The van der Waals surface area contributed by atoms with E-state index in [0.717, 1.165) is 4.90 Å². The molecule has 0 radical (unpaired) electrons. The van der Waals surface area contributed by atoms with E-state index in [2.05, 4.69) is 0 Å². The molecular weight excluding hydrogens is 238 g/mol. The normalized spacial score (nSPS) is 30.3. The van der Waals surface area contributed by atoms with E-state index in [1.807, 2.05) is 13.8 Å². The van der Waals surface area contributed by atoms with Crippen LogP contribution in [0.15, 0.2) is 0 Å². The summed E-state index contributed by atoms with van der Waals surface area (Å²) in [6, 6.07) is -1.10. The largest absolute Gasteiger partial charge is 0.480 e. The summed E-state index contributed by atoms with van der Waals surface area (Å²) in [6.45, 7) is 3.92. The van der Waals surface area contributed by atoms with E-state index in [-0.39, 0.29) is 42.1 Å². The molecule has 1 heterocycles. The molecule has 0 aromatic carbocycles. The SMILES string of the molecule is COCCC(C(=O)O)N1C(=O)C2C(C1=O)C2(C)C. The van der Waals surface area contributed by atoms with Gasteiger partial charge in [-0.2, -0.15) is 0 Å². The molecule has 1 N–H and O–H groups in total. The molecule has 1 saturated carbocycles. The van der Waals surface area contributed by atoms with Crippen molar-refractivity contribution in [1.82, 2.24) is 4.90 Å². The van der Waals surface area contributed by atoms with Crippen LogP contribution in [-0.2, 0) is 19.1 Å². The summed E-state index contributed by atoms with van der Waals surface area (Å²) in [5.41, 5.74) is -0.311. The smallest absolute Gasteiger partial charge is 0.327 e. The van der Waals surface area contributed by atoms with Crippen molar-refractivity contribution < 1.29 is 24.2 Å². The van der Waals surface area contributed by atoms with Crippen LogP contribution < -0.4 is 0 Å². The second-order valence-corrected chi connectivity index (χ2v) is 5.46. The highest BCUT2D eigenvalue weighted by atomic mass is 16.5. The Morgan fingerprint density at radius 1 is 1.39 bits per heavy atom. The number of rotatable bonds is 5. The fourth-order valence-corrected chi connectivity index (χ4v) is 2.87. The van der Waals surface area contributed by atoms with Crippen LogP contribution in [0, 0.1) is 17.3 Å². The maximum absolute atomic E-state index is 12.1. The number of fused-ring (bicyclic) bond motifs is 1. The minimum absolute atomic E-state index is 0.128. The summed E-state index contributed by atoms with van der Waals surface area (Å²) >= 11 is 0. The lowest BCUT2D eigenvalue weighted by molar-refractivity contribution is -0.157. The minimum Gasteiger partial charge on any atom is -0.480 e. The van der Waals surface area contributed by atoms with E-state index in [4.69, 9.17) is 9.84 Å². The highest BCUT2D eigenvalue weighted by molar-refractivity contribution is 6.12. The predicted octanol–water partition coefficient (Wildman–Crippen LogP) is 0.117. The standard InChI is InChI=1S/C12H17NO5/c1-12(2)7-8(12)10(15)13(9(7)14)6(11(16)17)4-5-18-3/h6-8H,4-5H2,1-3H3,(H,16,17). The topological polar surface area (TPSA) is 83.9 Å². The predicted molar refractivity (Wildman–Crippen MR) is 60.5 cm³/mol. The van der Waals surface area contributed by atoms with Crippen LogP contribution in [0.25, 0.3) is 0 Å². The first-order valence-electron chi connectivity index (χ1n) is 5.92. The number of ether oxygens (including phenoxy) is 1. The molecule has 18 heavy (non-hydrogen) atoms. The summed E-state index contributed by atoms with van der Waals surface area (Å²) in [4.78, 5) is 36.2. The Kier molecular flexibility index (Phi) is 2.93. The second-order valence-electron chi connectivity index (χ2n) is 5.46. The number of amides is 2. The van der Waals surface area contributed by atoms with E-state index in [0.29, 0.717) is 0 Å². The van der Waals surface area contributed by atoms with Crippen LogP contribution in [0.1, 0.15) is 20.3 Å². The summed E-state index contributed by atoms with van der Waals surface area (Å²) < 4.78 is 4.82. The molecule has 3 unspecified atom stereocenters. The highest BCUT2D eigenvalue weighted by Gasteiger charge is 2.73. The van der Waals surface area contributed by atoms with Crippen molar-refractivity contribution in [1.29, 1.82) is 0 Å². The summed E-state index contributed by atoms with van der Waals surface area (Å²) in [5.74, 6) is -2.53. The molecule has 2 amide bonds. The van der Waals surface area contributed by atoms with Gasteiger partial charge in [-0.3, -0.25) is 14.5 Å². The first-order valence-corrected chi connectivity index (χ1v) is 5.92. The minimum atomic E-state index is -1.16. The first-order chi connectivity index (χ1) is 8.34. The Morgan fingerprint density at radius 3 is 2.28 bits per heavy atom. The zero-order valence-corrected chi connectivity index (χ0v) is 10.7. The van der Waals surface area contributed by atoms with Crippen LogP contribution in [0.5, 0.6) is 0 Å². The van der Waals surface area contributed by atoms with Crippen LogP contribution >= 0.6 is 0 Å². The lowest BCUT2D eigenvalue weighted by Crippen LogP contribution is -2.48.